The molecule has 4 fully saturated rings. The van der Waals surface area contributed by atoms with Crippen molar-refractivity contribution in [2.45, 2.75) is 201 Å². The van der Waals surface area contributed by atoms with Gasteiger partial charge in [-0.1, -0.05) is 91.2 Å². The maximum Gasteiger partial charge on any atom is 0.220 e. The molecule has 46 heavy (non-hydrogen) atoms. The van der Waals surface area contributed by atoms with Crippen molar-refractivity contribution in [1.82, 2.24) is 5.32 Å². The molecule has 1 N–H and O–H groups in total. The summed E-state index contributed by atoms with van der Waals surface area (Å²) >= 11 is 0. The molecule has 3 nitrogen and oxygen atoms in total. The van der Waals surface area contributed by atoms with E-state index in [2.05, 4.69) is 45.2 Å². The number of amides is 1. The highest BCUT2D eigenvalue weighted by Crippen LogP contribution is 2.68. The van der Waals surface area contributed by atoms with Crippen LogP contribution in [-0.2, 0) is 9.59 Å². The zero-order valence-corrected chi connectivity index (χ0v) is 31.2. The molecule has 4 saturated carbocycles. The second-order valence-electron chi connectivity index (χ2n) is 17.5. The van der Waals surface area contributed by atoms with Crippen LogP contribution in [0.5, 0.6) is 0 Å². The molecular formula is C43H75NO2. The summed E-state index contributed by atoms with van der Waals surface area (Å²) in [4.78, 5) is 24.6. The highest BCUT2D eigenvalue weighted by Gasteiger charge is 2.60. The monoisotopic (exact) mass is 638 g/mol. The van der Waals surface area contributed by atoms with Crippen LogP contribution >= 0.6 is 0 Å². The van der Waals surface area contributed by atoms with E-state index in [4.69, 9.17) is 0 Å². The molecule has 4 aliphatic carbocycles. The summed E-state index contributed by atoms with van der Waals surface area (Å²) in [7, 11) is 0. The number of hydrogen-bond donors (Lipinski definition) is 1. The van der Waals surface area contributed by atoms with E-state index in [1.54, 1.807) is 6.92 Å². The Morgan fingerprint density at radius 2 is 1.37 bits per heavy atom. The average molecular weight is 638 g/mol. The Morgan fingerprint density at radius 3 is 2.07 bits per heavy atom. The van der Waals surface area contributed by atoms with Gasteiger partial charge in [0.25, 0.3) is 0 Å². The second kappa shape index (κ2) is 18.6. The molecule has 0 bridgehead atoms. The third-order valence-corrected chi connectivity index (χ3v) is 14.4. The molecule has 0 saturated heterocycles. The van der Waals surface area contributed by atoms with Crippen molar-refractivity contribution in [3.05, 3.63) is 12.2 Å². The predicted octanol–water partition coefficient (Wildman–Crippen LogP) is 12.2. The maximum atomic E-state index is 12.9. The molecule has 0 aromatic rings. The van der Waals surface area contributed by atoms with Gasteiger partial charge in [-0.15, -0.1) is 0 Å². The zero-order chi connectivity index (χ0) is 33.0. The molecule has 0 aromatic heterocycles. The average Bonchev–Trinajstić information content (AvgIpc) is 3.39. The summed E-state index contributed by atoms with van der Waals surface area (Å²) in [5.41, 5.74) is 0.947. The van der Waals surface area contributed by atoms with Gasteiger partial charge >= 0.3 is 0 Å². The van der Waals surface area contributed by atoms with Gasteiger partial charge in [-0.05, 0) is 150 Å². The number of Topliss-reactive ketones (excluding diaryl/α,β-unsaturated/α-hetero) is 1. The number of nitrogens with one attached hydrogen (secondary N) is 1. The summed E-state index contributed by atoms with van der Waals surface area (Å²) in [6.45, 7) is 11.8. The van der Waals surface area contributed by atoms with Crippen LogP contribution in [0.25, 0.3) is 0 Å². The van der Waals surface area contributed by atoms with Crippen LogP contribution in [0.15, 0.2) is 12.2 Å². The first-order valence-corrected chi connectivity index (χ1v) is 20.6. The normalized spacial score (nSPS) is 34.5. The Kier molecular flexibility index (Phi) is 15.2. The van der Waals surface area contributed by atoms with Crippen LogP contribution in [0.1, 0.15) is 195 Å². The first-order chi connectivity index (χ1) is 22.2. The highest BCUT2D eigenvalue weighted by atomic mass is 16.1. The van der Waals surface area contributed by atoms with Gasteiger partial charge in [-0.2, -0.15) is 0 Å². The van der Waals surface area contributed by atoms with E-state index in [1.807, 2.05) is 0 Å². The molecule has 3 heteroatoms. The van der Waals surface area contributed by atoms with Crippen molar-refractivity contribution in [3.8, 4) is 0 Å². The third-order valence-electron chi connectivity index (χ3n) is 14.4. The van der Waals surface area contributed by atoms with Crippen molar-refractivity contribution in [2.24, 2.45) is 46.3 Å². The van der Waals surface area contributed by atoms with Crippen LogP contribution in [0.4, 0.5) is 0 Å². The Labute approximate surface area is 285 Å². The van der Waals surface area contributed by atoms with E-state index in [9.17, 15) is 9.59 Å². The summed E-state index contributed by atoms with van der Waals surface area (Å²) in [5.74, 6) is 5.59. The van der Waals surface area contributed by atoms with Crippen molar-refractivity contribution in [2.75, 3.05) is 0 Å². The number of rotatable bonds is 20. The number of ketones is 1. The number of carbonyl (C=O) groups excluding carboxylic acids is 2. The second-order valence-corrected chi connectivity index (χ2v) is 17.5. The third kappa shape index (κ3) is 9.96. The highest BCUT2D eigenvalue weighted by molar-refractivity contribution is 5.76. The predicted molar refractivity (Wildman–Crippen MR) is 196 cm³/mol. The van der Waals surface area contributed by atoms with Gasteiger partial charge in [-0.3, -0.25) is 4.79 Å². The lowest BCUT2D eigenvalue weighted by atomic mass is 9.44. The van der Waals surface area contributed by atoms with Crippen molar-refractivity contribution in [1.29, 1.82) is 0 Å². The lowest BCUT2D eigenvalue weighted by Gasteiger charge is -2.61. The zero-order valence-electron chi connectivity index (χ0n) is 31.2. The molecule has 264 valence electrons. The first-order valence-electron chi connectivity index (χ1n) is 20.6. The fourth-order valence-corrected chi connectivity index (χ4v) is 11.7. The van der Waals surface area contributed by atoms with Gasteiger partial charge in [0.15, 0.2) is 0 Å². The SMILES string of the molecule is CCCCCCCC/C=C\CCCCCCCC(=O)N[C@H]1CCC2(C)C(CCC3C2CCC2(C)C3CCC2[C@@H](C)CCC(C)=O)C1. The molecule has 0 heterocycles. The van der Waals surface area contributed by atoms with Crippen LogP contribution < -0.4 is 5.32 Å². The van der Waals surface area contributed by atoms with Gasteiger partial charge in [0.05, 0.1) is 0 Å². The van der Waals surface area contributed by atoms with Crippen molar-refractivity contribution >= 4 is 11.7 Å². The van der Waals surface area contributed by atoms with Crippen LogP contribution in [0.3, 0.4) is 0 Å². The summed E-state index contributed by atoms with van der Waals surface area (Å²) in [6.07, 6.45) is 36.3. The molecular weight excluding hydrogens is 562 g/mol. The van der Waals surface area contributed by atoms with Gasteiger partial charge in [0.1, 0.15) is 5.78 Å². The Balaban J connectivity index is 1.10. The van der Waals surface area contributed by atoms with E-state index in [0.717, 1.165) is 48.9 Å². The van der Waals surface area contributed by atoms with Gasteiger partial charge in [0, 0.05) is 18.9 Å². The standard InChI is InChI=1S/C43H75NO2/c1-6-7-8-9-10-11-12-13-14-15-16-17-18-19-20-21-41(46)44-36-28-30-42(4)35(32-36)24-25-37-39-27-26-38(33(2)22-23-34(3)45)43(39,5)31-29-40(37)42/h13-14,33,35-40H,6-12,15-32H2,1-5H3,(H,44,46)/b14-13-/t33-,35?,36-,37?,38?,39?,40?,42?,43?/m0/s1. The van der Waals surface area contributed by atoms with E-state index >= 15 is 0 Å². The maximum absolute atomic E-state index is 12.9. The molecule has 0 radical (unpaired) electrons. The fraction of sp³-hybridized carbons (Fsp3) is 0.907. The summed E-state index contributed by atoms with van der Waals surface area (Å²) < 4.78 is 0. The lowest BCUT2D eigenvalue weighted by Crippen LogP contribution is -2.55. The first kappa shape index (κ1) is 37.7. The van der Waals surface area contributed by atoms with Crippen LogP contribution in [-0.4, -0.2) is 17.7 Å². The van der Waals surface area contributed by atoms with Gasteiger partial charge < -0.3 is 10.1 Å². The minimum atomic E-state index is 0.309. The quantitative estimate of drug-likeness (QED) is 0.107. The Bertz CT molecular complexity index is 956. The summed E-state index contributed by atoms with van der Waals surface area (Å²) in [6, 6.07) is 0.400. The van der Waals surface area contributed by atoms with Crippen molar-refractivity contribution in [3.63, 3.8) is 0 Å². The van der Waals surface area contributed by atoms with Gasteiger partial charge in [-0.25, -0.2) is 0 Å². The van der Waals surface area contributed by atoms with E-state index in [1.165, 1.54) is 135 Å². The molecule has 7 unspecified atom stereocenters. The molecule has 4 rings (SSSR count). The summed E-state index contributed by atoms with van der Waals surface area (Å²) in [5, 5.41) is 3.50. The van der Waals surface area contributed by atoms with Crippen molar-refractivity contribution < 1.29 is 9.59 Å². The number of unbranched alkanes of at least 4 members (excludes halogenated alkanes) is 11. The molecule has 4 aliphatic rings. The number of carbonyl (C=O) groups is 2. The van der Waals surface area contributed by atoms with E-state index in [0.29, 0.717) is 40.9 Å². The van der Waals surface area contributed by atoms with Crippen LogP contribution in [0.2, 0.25) is 0 Å². The topological polar surface area (TPSA) is 46.2 Å². The Hall–Kier alpha value is -1.12. The van der Waals surface area contributed by atoms with E-state index < -0.39 is 0 Å². The fourth-order valence-electron chi connectivity index (χ4n) is 11.7. The van der Waals surface area contributed by atoms with Gasteiger partial charge in [0.2, 0.25) is 5.91 Å². The molecule has 0 spiro atoms. The largest absolute Gasteiger partial charge is 0.353 e. The van der Waals surface area contributed by atoms with E-state index in [-0.39, 0.29) is 0 Å². The van der Waals surface area contributed by atoms with Crippen LogP contribution in [0, 0.1) is 46.3 Å². The number of allylic oxidation sites excluding steroid dienone is 2. The number of hydrogen-bond acceptors (Lipinski definition) is 2. The lowest BCUT2D eigenvalue weighted by molar-refractivity contribution is -0.128. The minimum absolute atomic E-state index is 0.309. The Morgan fingerprint density at radius 1 is 0.739 bits per heavy atom. The smallest absolute Gasteiger partial charge is 0.220 e. The number of fused-ring (bicyclic) bond motifs is 5. The molecule has 9 atom stereocenters. The molecule has 1 amide bonds. The molecule has 0 aliphatic heterocycles. The minimum Gasteiger partial charge on any atom is -0.353 e. The molecule has 0 aromatic carbocycles.